The summed E-state index contributed by atoms with van der Waals surface area (Å²) in [7, 11) is 0. The molecule has 0 aromatic rings. The molecule has 376 valence electrons. The summed E-state index contributed by atoms with van der Waals surface area (Å²) in [6.45, 7) is 7.84. The van der Waals surface area contributed by atoms with Crippen molar-refractivity contribution in [3.8, 4) is 0 Å². The van der Waals surface area contributed by atoms with Crippen molar-refractivity contribution < 1.29 is 23.8 Å². The second-order valence-electron chi connectivity index (χ2n) is 19.2. The lowest BCUT2D eigenvalue weighted by atomic mass is 10.0. The highest BCUT2D eigenvalue weighted by molar-refractivity contribution is 5.70. The minimum atomic E-state index is -0.542. The number of unbranched alkanes of at least 4 members (excludes halogenated alkanes) is 36. The molecule has 0 amide bonds. The molecular formula is C59H110O5. The van der Waals surface area contributed by atoms with E-state index in [0.717, 1.165) is 64.2 Å². The lowest BCUT2D eigenvalue weighted by Crippen LogP contribution is -2.30. The van der Waals surface area contributed by atoms with Crippen LogP contribution in [0.5, 0.6) is 0 Å². The van der Waals surface area contributed by atoms with Gasteiger partial charge in [-0.15, -0.1) is 0 Å². The van der Waals surface area contributed by atoms with E-state index in [0.29, 0.717) is 19.4 Å². The normalized spacial score (nSPS) is 12.4. The van der Waals surface area contributed by atoms with Crippen LogP contribution in [0.4, 0.5) is 0 Å². The van der Waals surface area contributed by atoms with E-state index < -0.39 is 6.10 Å². The molecule has 64 heavy (non-hydrogen) atoms. The average Bonchev–Trinajstić information content (AvgIpc) is 3.30. The summed E-state index contributed by atoms with van der Waals surface area (Å²) in [5.41, 5.74) is 0. The van der Waals surface area contributed by atoms with Gasteiger partial charge < -0.3 is 14.2 Å². The Bertz CT molecular complexity index is 1020. The molecule has 0 N–H and O–H groups in total. The first kappa shape index (κ1) is 62.1. The molecule has 5 heteroatoms. The summed E-state index contributed by atoms with van der Waals surface area (Å²) in [4.78, 5) is 25.5. The third-order valence-electron chi connectivity index (χ3n) is 12.7. The maximum absolute atomic E-state index is 12.8. The maximum Gasteiger partial charge on any atom is 0.306 e. The summed E-state index contributed by atoms with van der Waals surface area (Å²) in [5.74, 6) is -0.402. The quantitative estimate of drug-likeness (QED) is 0.0346. The van der Waals surface area contributed by atoms with Crippen LogP contribution < -0.4 is 0 Å². The van der Waals surface area contributed by atoms with Crippen molar-refractivity contribution in [3.05, 3.63) is 36.5 Å². The highest BCUT2D eigenvalue weighted by atomic mass is 16.6. The van der Waals surface area contributed by atoms with Crippen molar-refractivity contribution in [1.29, 1.82) is 0 Å². The molecule has 1 atom stereocenters. The molecule has 0 aliphatic heterocycles. The van der Waals surface area contributed by atoms with Crippen LogP contribution in [0.15, 0.2) is 36.5 Å². The minimum Gasteiger partial charge on any atom is -0.462 e. The number of hydrogen-bond acceptors (Lipinski definition) is 5. The summed E-state index contributed by atoms with van der Waals surface area (Å²) in [6.07, 6.45) is 67.3. The van der Waals surface area contributed by atoms with E-state index in [1.165, 1.54) is 205 Å². The topological polar surface area (TPSA) is 61.8 Å². The zero-order valence-corrected chi connectivity index (χ0v) is 43.3. The van der Waals surface area contributed by atoms with Gasteiger partial charge >= 0.3 is 11.9 Å². The Hall–Kier alpha value is -1.88. The van der Waals surface area contributed by atoms with Gasteiger partial charge in [-0.3, -0.25) is 9.59 Å². The molecule has 0 heterocycles. The summed E-state index contributed by atoms with van der Waals surface area (Å²) < 4.78 is 17.5. The first-order valence-electron chi connectivity index (χ1n) is 28.5. The predicted octanol–water partition coefficient (Wildman–Crippen LogP) is 19.4. The Kier molecular flexibility index (Phi) is 53.8. The van der Waals surface area contributed by atoms with Gasteiger partial charge in [-0.05, 0) is 57.8 Å². The number of carbonyl (C=O) groups is 2. The van der Waals surface area contributed by atoms with Crippen LogP contribution in [0.25, 0.3) is 0 Å². The molecule has 0 radical (unpaired) electrons. The maximum atomic E-state index is 12.8. The Morgan fingerprint density at radius 1 is 0.344 bits per heavy atom. The van der Waals surface area contributed by atoms with Gasteiger partial charge in [-0.1, -0.05) is 269 Å². The van der Waals surface area contributed by atoms with E-state index in [9.17, 15) is 9.59 Å². The Balaban J connectivity index is 4.27. The van der Waals surface area contributed by atoms with Crippen molar-refractivity contribution in [2.24, 2.45) is 0 Å². The van der Waals surface area contributed by atoms with E-state index in [4.69, 9.17) is 14.2 Å². The number of carbonyl (C=O) groups excluding carboxylic acids is 2. The van der Waals surface area contributed by atoms with Crippen molar-refractivity contribution in [2.45, 2.75) is 309 Å². The predicted molar refractivity (Wildman–Crippen MR) is 279 cm³/mol. The lowest BCUT2D eigenvalue weighted by Gasteiger charge is -2.18. The van der Waals surface area contributed by atoms with Crippen LogP contribution in [0.2, 0.25) is 0 Å². The van der Waals surface area contributed by atoms with Crippen LogP contribution in [0.1, 0.15) is 303 Å². The van der Waals surface area contributed by atoms with Crippen LogP contribution in [-0.2, 0) is 23.8 Å². The zero-order valence-electron chi connectivity index (χ0n) is 43.3. The largest absolute Gasteiger partial charge is 0.462 e. The second kappa shape index (κ2) is 55.4. The molecule has 0 aromatic carbocycles. The van der Waals surface area contributed by atoms with E-state index >= 15 is 0 Å². The molecule has 0 aliphatic rings. The third-order valence-corrected chi connectivity index (χ3v) is 12.7. The van der Waals surface area contributed by atoms with Crippen molar-refractivity contribution in [2.75, 3.05) is 19.8 Å². The molecule has 0 aromatic heterocycles. The van der Waals surface area contributed by atoms with Crippen molar-refractivity contribution in [1.82, 2.24) is 0 Å². The number of rotatable bonds is 53. The summed E-state index contributed by atoms with van der Waals surface area (Å²) in [6, 6.07) is 0. The molecular weight excluding hydrogens is 789 g/mol. The summed E-state index contributed by atoms with van der Waals surface area (Å²) >= 11 is 0. The van der Waals surface area contributed by atoms with Gasteiger partial charge in [0, 0.05) is 19.4 Å². The van der Waals surface area contributed by atoms with Gasteiger partial charge in [0.15, 0.2) is 6.10 Å². The van der Waals surface area contributed by atoms with E-state index in [1.54, 1.807) is 0 Å². The van der Waals surface area contributed by atoms with E-state index in [-0.39, 0.29) is 25.2 Å². The van der Waals surface area contributed by atoms with Crippen molar-refractivity contribution >= 4 is 11.9 Å². The number of hydrogen-bond donors (Lipinski definition) is 0. The van der Waals surface area contributed by atoms with Gasteiger partial charge in [0.1, 0.15) is 6.61 Å². The Labute approximate surface area is 400 Å². The first-order chi connectivity index (χ1) is 31.6. The molecule has 0 fully saturated rings. The first-order valence-corrected chi connectivity index (χ1v) is 28.5. The van der Waals surface area contributed by atoms with E-state index in [1.807, 2.05) is 0 Å². The Morgan fingerprint density at radius 3 is 1.08 bits per heavy atom. The molecule has 0 spiro atoms. The number of esters is 2. The van der Waals surface area contributed by atoms with E-state index in [2.05, 4.69) is 57.2 Å². The fraction of sp³-hybridized carbons (Fsp3) is 0.864. The number of ether oxygens (including phenoxy) is 3. The molecule has 5 nitrogen and oxygen atoms in total. The van der Waals surface area contributed by atoms with Gasteiger partial charge in [-0.25, -0.2) is 0 Å². The Morgan fingerprint density at radius 2 is 0.656 bits per heavy atom. The molecule has 0 unspecified atom stereocenters. The fourth-order valence-electron chi connectivity index (χ4n) is 8.40. The van der Waals surface area contributed by atoms with Crippen LogP contribution >= 0.6 is 0 Å². The average molecular weight is 900 g/mol. The molecule has 0 bridgehead atoms. The standard InChI is InChI=1S/C59H110O5/c1-4-7-10-13-16-19-22-25-28-30-32-35-38-41-44-47-50-53-59(61)64-57(55-62-54-51-48-45-42-39-36-33-29-26-23-20-17-14-11-8-5-2)56-63-58(60)52-49-46-43-40-37-34-31-27-24-21-18-15-12-9-6-3/h16,19,25,28,32,35,57H,4-15,17-18,20-24,26-27,29-31,33-34,36-56H2,1-3H3/b19-16-,28-25-,35-32-/t57-/m1/s1. The zero-order chi connectivity index (χ0) is 46.3. The molecule has 0 saturated carbocycles. The van der Waals surface area contributed by atoms with Gasteiger partial charge in [0.2, 0.25) is 0 Å². The van der Waals surface area contributed by atoms with Crippen molar-refractivity contribution in [3.63, 3.8) is 0 Å². The van der Waals surface area contributed by atoms with Gasteiger partial charge in [0.05, 0.1) is 6.61 Å². The smallest absolute Gasteiger partial charge is 0.306 e. The van der Waals surface area contributed by atoms with Crippen LogP contribution in [0, 0.1) is 0 Å². The summed E-state index contributed by atoms with van der Waals surface area (Å²) in [5, 5.41) is 0. The monoisotopic (exact) mass is 899 g/mol. The molecule has 0 rings (SSSR count). The second-order valence-corrected chi connectivity index (χ2v) is 19.2. The lowest BCUT2D eigenvalue weighted by molar-refractivity contribution is -0.163. The highest BCUT2D eigenvalue weighted by Gasteiger charge is 2.17. The fourth-order valence-corrected chi connectivity index (χ4v) is 8.40. The third kappa shape index (κ3) is 52.7. The number of allylic oxidation sites excluding steroid dienone is 6. The molecule has 0 saturated heterocycles. The minimum absolute atomic E-state index is 0.0829. The van der Waals surface area contributed by atoms with Crippen LogP contribution in [-0.4, -0.2) is 37.9 Å². The molecule has 0 aliphatic carbocycles. The SMILES string of the molecule is CCCCC/C=C\C/C=C\C/C=C\CCCCCCC(=O)O[C@H](COCCCCCCCCCCCCCCCCCC)COC(=O)CCCCCCCCCCCCCCCCC. The highest BCUT2D eigenvalue weighted by Crippen LogP contribution is 2.16. The van der Waals surface area contributed by atoms with Gasteiger partial charge in [0.25, 0.3) is 0 Å². The van der Waals surface area contributed by atoms with Gasteiger partial charge in [-0.2, -0.15) is 0 Å². The van der Waals surface area contributed by atoms with Crippen LogP contribution in [0.3, 0.4) is 0 Å².